The number of para-hydroxylation sites is 1. The maximum Gasteiger partial charge on any atom is 0.230 e. The molecule has 118 valence electrons. The molecule has 1 aromatic carbocycles. The van der Waals surface area contributed by atoms with Crippen molar-refractivity contribution in [2.24, 2.45) is 0 Å². The minimum absolute atomic E-state index is 0.0113. The highest BCUT2D eigenvalue weighted by molar-refractivity contribution is 8.00. The van der Waals surface area contributed by atoms with Gasteiger partial charge in [-0.05, 0) is 26.3 Å². The Morgan fingerprint density at radius 3 is 2.95 bits per heavy atom. The van der Waals surface area contributed by atoms with Gasteiger partial charge in [-0.15, -0.1) is 0 Å². The number of ether oxygens (including phenoxy) is 1. The number of hydrogen-bond acceptors (Lipinski definition) is 5. The van der Waals surface area contributed by atoms with Crippen LogP contribution in [0.4, 0.5) is 0 Å². The molecule has 1 heterocycles. The number of hydrogen-bond donors (Lipinski definition) is 1. The summed E-state index contributed by atoms with van der Waals surface area (Å²) >= 11 is 1.43. The van der Waals surface area contributed by atoms with Gasteiger partial charge in [0.05, 0.1) is 17.4 Å². The topological polar surface area (TPSA) is 64.1 Å². The number of aromatic nitrogens is 2. The minimum Gasteiger partial charge on any atom is -0.379 e. The second-order valence-corrected chi connectivity index (χ2v) is 6.07. The lowest BCUT2D eigenvalue weighted by atomic mass is 10.2. The van der Waals surface area contributed by atoms with Gasteiger partial charge in [0.2, 0.25) is 5.91 Å². The molecule has 0 fully saturated rings. The molecule has 0 unspecified atom stereocenters. The van der Waals surface area contributed by atoms with E-state index in [1.165, 1.54) is 18.1 Å². The fourth-order valence-corrected chi connectivity index (χ4v) is 2.72. The molecule has 0 spiro atoms. The van der Waals surface area contributed by atoms with Gasteiger partial charge in [0, 0.05) is 18.5 Å². The van der Waals surface area contributed by atoms with E-state index in [-0.39, 0.29) is 12.0 Å². The quantitative estimate of drug-likeness (QED) is 0.460. The number of carbonyl (C=O) groups excluding carboxylic acids is 1. The molecule has 2 aromatic rings. The Morgan fingerprint density at radius 1 is 1.32 bits per heavy atom. The van der Waals surface area contributed by atoms with E-state index in [0.717, 1.165) is 22.3 Å². The Kier molecular flexibility index (Phi) is 6.61. The molecule has 22 heavy (non-hydrogen) atoms. The van der Waals surface area contributed by atoms with Crippen LogP contribution < -0.4 is 5.32 Å². The van der Waals surface area contributed by atoms with Gasteiger partial charge in [0.1, 0.15) is 11.4 Å². The van der Waals surface area contributed by atoms with Crippen molar-refractivity contribution < 1.29 is 9.53 Å². The first-order chi connectivity index (χ1) is 10.7. The van der Waals surface area contributed by atoms with Crippen molar-refractivity contribution in [3.8, 4) is 0 Å². The summed E-state index contributed by atoms with van der Waals surface area (Å²) in [5.74, 6) is 0.365. The van der Waals surface area contributed by atoms with Crippen LogP contribution in [-0.4, -0.2) is 40.9 Å². The van der Waals surface area contributed by atoms with E-state index < -0.39 is 0 Å². The third-order valence-corrected chi connectivity index (χ3v) is 3.95. The number of amides is 1. The molecule has 0 bridgehead atoms. The van der Waals surface area contributed by atoms with Crippen molar-refractivity contribution in [1.82, 2.24) is 15.3 Å². The Bertz CT molecular complexity index is 614. The predicted octanol–water partition coefficient (Wildman–Crippen LogP) is 2.65. The molecule has 0 saturated heterocycles. The Labute approximate surface area is 134 Å². The Morgan fingerprint density at radius 2 is 2.14 bits per heavy atom. The lowest BCUT2D eigenvalue weighted by Gasteiger charge is -2.08. The van der Waals surface area contributed by atoms with Crippen LogP contribution >= 0.6 is 11.8 Å². The van der Waals surface area contributed by atoms with Gasteiger partial charge >= 0.3 is 0 Å². The summed E-state index contributed by atoms with van der Waals surface area (Å²) in [6, 6.07) is 7.80. The van der Waals surface area contributed by atoms with Gasteiger partial charge in [0.25, 0.3) is 0 Å². The van der Waals surface area contributed by atoms with Crippen LogP contribution in [-0.2, 0) is 9.53 Å². The standard InChI is InChI=1S/C16H21N3O2S/c1-12(2)21-9-5-8-17-15(20)10-22-16-13-6-3-4-7-14(13)18-11-19-16/h3-4,6-7,11-12H,5,8-10H2,1-2H3,(H,17,20). The van der Waals surface area contributed by atoms with Crippen molar-refractivity contribution in [1.29, 1.82) is 0 Å². The van der Waals surface area contributed by atoms with Crippen LogP contribution in [0.3, 0.4) is 0 Å². The average Bonchev–Trinajstić information content (AvgIpc) is 2.52. The summed E-state index contributed by atoms with van der Waals surface area (Å²) in [5, 5.41) is 4.71. The number of thioether (sulfide) groups is 1. The molecular weight excluding hydrogens is 298 g/mol. The monoisotopic (exact) mass is 319 g/mol. The van der Waals surface area contributed by atoms with E-state index in [1.807, 2.05) is 38.1 Å². The summed E-state index contributed by atoms with van der Waals surface area (Å²) in [5.41, 5.74) is 0.895. The number of fused-ring (bicyclic) bond motifs is 1. The minimum atomic E-state index is 0.0113. The molecule has 0 radical (unpaired) electrons. The van der Waals surface area contributed by atoms with Crippen LogP contribution in [0.25, 0.3) is 10.9 Å². The number of nitrogens with one attached hydrogen (secondary N) is 1. The van der Waals surface area contributed by atoms with Crippen LogP contribution in [0.15, 0.2) is 35.6 Å². The molecule has 2 rings (SSSR count). The maximum absolute atomic E-state index is 11.8. The normalized spacial score (nSPS) is 11.0. The molecule has 1 amide bonds. The predicted molar refractivity (Wildman–Crippen MR) is 89.0 cm³/mol. The zero-order chi connectivity index (χ0) is 15.8. The van der Waals surface area contributed by atoms with Gasteiger partial charge < -0.3 is 10.1 Å². The molecule has 0 aliphatic heterocycles. The van der Waals surface area contributed by atoms with Crippen molar-refractivity contribution >= 4 is 28.6 Å². The highest BCUT2D eigenvalue weighted by Gasteiger charge is 2.07. The molecule has 0 aliphatic rings. The van der Waals surface area contributed by atoms with Crippen LogP contribution in [0.1, 0.15) is 20.3 Å². The van der Waals surface area contributed by atoms with E-state index in [9.17, 15) is 4.79 Å². The molecular formula is C16H21N3O2S. The van der Waals surface area contributed by atoms with E-state index in [2.05, 4.69) is 15.3 Å². The molecule has 6 heteroatoms. The largest absolute Gasteiger partial charge is 0.379 e. The summed E-state index contributed by atoms with van der Waals surface area (Å²) in [6.45, 7) is 5.31. The highest BCUT2D eigenvalue weighted by atomic mass is 32.2. The van der Waals surface area contributed by atoms with Gasteiger partial charge in [-0.2, -0.15) is 0 Å². The van der Waals surface area contributed by atoms with Crippen molar-refractivity contribution in [2.45, 2.75) is 31.4 Å². The molecule has 0 saturated carbocycles. The highest BCUT2D eigenvalue weighted by Crippen LogP contribution is 2.23. The third-order valence-electron chi connectivity index (χ3n) is 2.94. The summed E-state index contributed by atoms with van der Waals surface area (Å²) < 4.78 is 5.43. The molecule has 0 atom stereocenters. The van der Waals surface area contributed by atoms with Crippen molar-refractivity contribution in [3.05, 3.63) is 30.6 Å². The molecule has 0 aliphatic carbocycles. The first kappa shape index (κ1) is 16.7. The molecule has 1 N–H and O–H groups in total. The van der Waals surface area contributed by atoms with Crippen LogP contribution in [0, 0.1) is 0 Å². The van der Waals surface area contributed by atoms with Gasteiger partial charge in [-0.25, -0.2) is 9.97 Å². The first-order valence-electron chi connectivity index (χ1n) is 7.37. The fourth-order valence-electron chi connectivity index (χ4n) is 1.90. The van der Waals surface area contributed by atoms with Crippen molar-refractivity contribution in [2.75, 3.05) is 18.9 Å². The number of rotatable bonds is 8. The summed E-state index contributed by atoms with van der Waals surface area (Å²) in [4.78, 5) is 20.3. The zero-order valence-electron chi connectivity index (χ0n) is 12.9. The van der Waals surface area contributed by atoms with Gasteiger partial charge in [0.15, 0.2) is 0 Å². The molecule has 1 aromatic heterocycles. The van der Waals surface area contributed by atoms with Gasteiger partial charge in [-0.1, -0.05) is 30.0 Å². The second kappa shape index (κ2) is 8.70. The van der Waals surface area contributed by atoms with E-state index >= 15 is 0 Å². The number of nitrogens with zero attached hydrogens (tertiary/aromatic N) is 2. The lowest BCUT2D eigenvalue weighted by molar-refractivity contribution is -0.118. The van der Waals surface area contributed by atoms with E-state index in [0.29, 0.717) is 18.9 Å². The van der Waals surface area contributed by atoms with E-state index in [1.54, 1.807) is 0 Å². The zero-order valence-corrected chi connectivity index (χ0v) is 13.7. The van der Waals surface area contributed by atoms with Crippen molar-refractivity contribution in [3.63, 3.8) is 0 Å². The lowest BCUT2D eigenvalue weighted by Crippen LogP contribution is -2.27. The summed E-state index contributed by atoms with van der Waals surface area (Å²) in [7, 11) is 0. The summed E-state index contributed by atoms with van der Waals surface area (Å²) in [6.07, 6.45) is 2.59. The van der Waals surface area contributed by atoms with Crippen LogP contribution in [0.2, 0.25) is 0 Å². The van der Waals surface area contributed by atoms with Gasteiger partial charge in [-0.3, -0.25) is 4.79 Å². The third kappa shape index (κ3) is 5.27. The number of carbonyl (C=O) groups is 1. The Balaban J connectivity index is 1.76. The number of benzene rings is 1. The molecule has 5 nitrogen and oxygen atoms in total. The van der Waals surface area contributed by atoms with Crippen LogP contribution in [0.5, 0.6) is 0 Å². The average molecular weight is 319 g/mol. The fraction of sp³-hybridized carbons (Fsp3) is 0.438. The maximum atomic E-state index is 11.8. The Hall–Kier alpha value is -1.66. The SMILES string of the molecule is CC(C)OCCCNC(=O)CSc1ncnc2ccccc12. The smallest absolute Gasteiger partial charge is 0.230 e. The first-order valence-corrected chi connectivity index (χ1v) is 8.36. The second-order valence-electron chi connectivity index (χ2n) is 5.11. The van der Waals surface area contributed by atoms with E-state index in [4.69, 9.17) is 4.74 Å².